The van der Waals surface area contributed by atoms with E-state index in [2.05, 4.69) is 0 Å². The number of benzene rings is 1. The first-order chi connectivity index (χ1) is 11.9. The van der Waals surface area contributed by atoms with E-state index in [4.69, 9.17) is 0 Å². The molecule has 1 fully saturated rings. The average molecular weight is 363 g/mol. The molecule has 1 aliphatic carbocycles. The first-order valence-electron chi connectivity index (χ1n) is 8.97. The maximum Gasteiger partial charge on any atom is 0.223 e. The minimum Gasteiger partial charge on any atom is -0.342 e. The van der Waals surface area contributed by atoms with Crippen molar-refractivity contribution in [2.75, 3.05) is 18.6 Å². The van der Waals surface area contributed by atoms with Crippen LogP contribution in [0.4, 0.5) is 0 Å². The summed E-state index contributed by atoms with van der Waals surface area (Å²) in [6, 6.07) is 5.63. The molecule has 2 aliphatic rings. The van der Waals surface area contributed by atoms with Crippen molar-refractivity contribution in [3.05, 3.63) is 34.9 Å². The van der Waals surface area contributed by atoms with Crippen molar-refractivity contribution >= 4 is 21.5 Å². The van der Waals surface area contributed by atoms with Gasteiger partial charge < -0.3 is 4.90 Å². The van der Waals surface area contributed by atoms with Crippen LogP contribution < -0.4 is 0 Å². The van der Waals surface area contributed by atoms with E-state index in [1.165, 1.54) is 22.4 Å². The highest BCUT2D eigenvalue weighted by molar-refractivity contribution is 7.91. The van der Waals surface area contributed by atoms with Crippen LogP contribution in [-0.2, 0) is 27.5 Å². The molecule has 1 unspecified atom stereocenters. The predicted octanol–water partition coefficient (Wildman–Crippen LogP) is 2.17. The molecule has 0 saturated carbocycles. The number of hydrogen-bond acceptors (Lipinski definition) is 4. The van der Waals surface area contributed by atoms with Gasteiger partial charge in [-0.15, -0.1) is 0 Å². The molecule has 1 saturated heterocycles. The second-order valence-electron chi connectivity index (χ2n) is 7.18. The summed E-state index contributed by atoms with van der Waals surface area (Å²) in [5.74, 6) is -0.000242. The number of sulfone groups is 1. The van der Waals surface area contributed by atoms with Crippen molar-refractivity contribution in [2.45, 2.75) is 51.0 Å². The highest BCUT2D eigenvalue weighted by Crippen LogP contribution is 2.23. The molecule has 3 rings (SSSR count). The van der Waals surface area contributed by atoms with E-state index in [9.17, 15) is 18.0 Å². The van der Waals surface area contributed by atoms with Crippen LogP contribution >= 0.6 is 0 Å². The lowest BCUT2D eigenvalue weighted by Gasteiger charge is -2.23. The normalized spacial score (nSPS) is 21.6. The Morgan fingerprint density at radius 3 is 2.52 bits per heavy atom. The standard InChI is InChI=1S/C19H25NO4S/c1-20(17-10-11-25(23,24)13-17)19(22)9-8-18(21)16-7-6-14-4-2-3-5-15(14)12-16/h6-7,12,17H,2-5,8-11,13H2,1H3. The molecule has 6 heteroatoms. The molecule has 0 spiro atoms. The molecule has 0 bridgehead atoms. The van der Waals surface area contributed by atoms with Gasteiger partial charge in [0.15, 0.2) is 15.6 Å². The van der Waals surface area contributed by atoms with Crippen LogP contribution in [0.25, 0.3) is 0 Å². The van der Waals surface area contributed by atoms with E-state index < -0.39 is 9.84 Å². The van der Waals surface area contributed by atoms with Gasteiger partial charge in [0, 0.05) is 31.5 Å². The zero-order chi connectivity index (χ0) is 18.0. The minimum atomic E-state index is -3.02. The molecule has 0 N–H and O–H groups in total. The zero-order valence-corrected chi connectivity index (χ0v) is 15.5. The number of ketones is 1. The number of Topliss-reactive ketones (excluding diaryl/α,β-unsaturated/α-hetero) is 1. The van der Waals surface area contributed by atoms with E-state index in [0.29, 0.717) is 12.0 Å². The quantitative estimate of drug-likeness (QED) is 0.752. The minimum absolute atomic E-state index is 0.0193. The summed E-state index contributed by atoms with van der Waals surface area (Å²) in [4.78, 5) is 26.2. The maximum atomic E-state index is 12.4. The van der Waals surface area contributed by atoms with Gasteiger partial charge >= 0.3 is 0 Å². The number of nitrogens with zero attached hydrogens (tertiary/aromatic N) is 1. The Kier molecular flexibility index (Phi) is 5.27. The number of hydrogen-bond donors (Lipinski definition) is 0. The first-order valence-corrected chi connectivity index (χ1v) is 10.8. The van der Waals surface area contributed by atoms with Crippen LogP contribution in [0.3, 0.4) is 0 Å². The number of carbonyl (C=O) groups is 2. The third-order valence-electron chi connectivity index (χ3n) is 5.39. The van der Waals surface area contributed by atoms with Gasteiger partial charge in [0.05, 0.1) is 11.5 Å². The third kappa shape index (κ3) is 4.29. The van der Waals surface area contributed by atoms with Crippen molar-refractivity contribution in [2.24, 2.45) is 0 Å². The third-order valence-corrected chi connectivity index (χ3v) is 7.14. The van der Waals surface area contributed by atoms with Crippen molar-refractivity contribution in [3.63, 3.8) is 0 Å². The zero-order valence-electron chi connectivity index (χ0n) is 14.7. The van der Waals surface area contributed by atoms with Gasteiger partial charge in [-0.2, -0.15) is 0 Å². The lowest BCUT2D eigenvalue weighted by molar-refractivity contribution is -0.131. The number of amides is 1. The molecule has 1 amide bonds. The molecular formula is C19H25NO4S. The Labute approximate surface area is 149 Å². The molecular weight excluding hydrogens is 338 g/mol. The smallest absolute Gasteiger partial charge is 0.223 e. The number of carbonyl (C=O) groups excluding carboxylic acids is 2. The molecule has 0 radical (unpaired) electrons. The summed E-state index contributed by atoms with van der Waals surface area (Å²) in [6.07, 6.45) is 5.26. The number of fused-ring (bicyclic) bond motifs is 1. The van der Waals surface area contributed by atoms with Gasteiger partial charge in [-0.05, 0) is 49.3 Å². The van der Waals surface area contributed by atoms with Crippen molar-refractivity contribution < 1.29 is 18.0 Å². The number of rotatable bonds is 5. The Morgan fingerprint density at radius 2 is 1.84 bits per heavy atom. The van der Waals surface area contributed by atoms with Crippen LogP contribution in [0, 0.1) is 0 Å². The predicted molar refractivity (Wildman–Crippen MR) is 96.5 cm³/mol. The van der Waals surface area contributed by atoms with Crippen molar-refractivity contribution in [3.8, 4) is 0 Å². The van der Waals surface area contributed by atoms with Crippen molar-refractivity contribution in [1.29, 1.82) is 0 Å². The van der Waals surface area contributed by atoms with Gasteiger partial charge in [-0.25, -0.2) is 8.42 Å². The van der Waals surface area contributed by atoms with Gasteiger partial charge in [0.2, 0.25) is 5.91 Å². The van der Waals surface area contributed by atoms with E-state index in [-0.39, 0.29) is 42.1 Å². The second-order valence-corrected chi connectivity index (χ2v) is 9.40. The van der Waals surface area contributed by atoms with Crippen LogP contribution in [0.2, 0.25) is 0 Å². The number of aryl methyl sites for hydroxylation is 2. The van der Waals surface area contributed by atoms with Crippen LogP contribution in [0.5, 0.6) is 0 Å². The van der Waals surface area contributed by atoms with E-state index in [1.807, 2.05) is 18.2 Å². The Hall–Kier alpha value is -1.69. The lowest BCUT2D eigenvalue weighted by atomic mass is 9.89. The van der Waals surface area contributed by atoms with Crippen LogP contribution in [-0.4, -0.2) is 49.6 Å². The summed E-state index contributed by atoms with van der Waals surface area (Å²) in [5, 5.41) is 0. The maximum absolute atomic E-state index is 12.4. The van der Waals surface area contributed by atoms with E-state index in [1.54, 1.807) is 7.05 Å². The fraction of sp³-hybridized carbons (Fsp3) is 0.579. The Balaban J connectivity index is 1.56. The SMILES string of the molecule is CN(C(=O)CCC(=O)c1ccc2c(c1)CCCC2)C1CCS(=O)(=O)C1. The molecule has 0 aromatic heterocycles. The van der Waals surface area contributed by atoms with Gasteiger partial charge in [-0.1, -0.05) is 12.1 Å². The summed E-state index contributed by atoms with van der Waals surface area (Å²) in [6.45, 7) is 0. The molecule has 136 valence electrons. The molecule has 1 aromatic rings. The first kappa shape index (κ1) is 18.1. The van der Waals surface area contributed by atoms with E-state index in [0.717, 1.165) is 19.3 Å². The largest absolute Gasteiger partial charge is 0.342 e. The molecule has 1 aliphatic heterocycles. The van der Waals surface area contributed by atoms with Gasteiger partial charge in [-0.3, -0.25) is 9.59 Å². The second kappa shape index (κ2) is 7.28. The highest BCUT2D eigenvalue weighted by atomic mass is 32.2. The van der Waals surface area contributed by atoms with Crippen LogP contribution in [0.15, 0.2) is 18.2 Å². The highest BCUT2D eigenvalue weighted by Gasteiger charge is 2.32. The molecule has 1 heterocycles. The molecule has 1 aromatic carbocycles. The van der Waals surface area contributed by atoms with E-state index >= 15 is 0 Å². The molecule has 1 atom stereocenters. The Bertz CT molecular complexity index is 785. The Morgan fingerprint density at radius 1 is 1.12 bits per heavy atom. The average Bonchev–Trinajstić information content (AvgIpc) is 2.98. The monoisotopic (exact) mass is 363 g/mol. The summed E-state index contributed by atoms with van der Waals surface area (Å²) < 4.78 is 23.1. The van der Waals surface area contributed by atoms with Gasteiger partial charge in [0.25, 0.3) is 0 Å². The summed E-state index contributed by atoms with van der Waals surface area (Å²) in [5.41, 5.74) is 3.28. The fourth-order valence-corrected chi connectivity index (χ4v) is 5.51. The molecule has 5 nitrogen and oxygen atoms in total. The lowest BCUT2D eigenvalue weighted by Crippen LogP contribution is -2.37. The summed E-state index contributed by atoms with van der Waals surface area (Å²) in [7, 11) is -1.38. The van der Waals surface area contributed by atoms with Crippen LogP contribution in [0.1, 0.15) is 53.6 Å². The summed E-state index contributed by atoms with van der Waals surface area (Å²) >= 11 is 0. The van der Waals surface area contributed by atoms with Crippen molar-refractivity contribution in [1.82, 2.24) is 4.90 Å². The fourth-order valence-electron chi connectivity index (χ4n) is 3.73. The van der Waals surface area contributed by atoms with Gasteiger partial charge in [0.1, 0.15) is 0 Å². The topological polar surface area (TPSA) is 71.5 Å². The molecule has 25 heavy (non-hydrogen) atoms.